The van der Waals surface area contributed by atoms with Crippen molar-refractivity contribution in [1.29, 1.82) is 0 Å². The number of pyridine rings is 1. The zero-order chi connectivity index (χ0) is 21.3. The SMILES string of the molecule is COc1ccc(CCC[C@@H](C(=O)N2CCN(c3ccccn3)CC2)[C@H](O)C=O)cc1. The molecule has 0 saturated carbocycles. The van der Waals surface area contributed by atoms with Crippen LogP contribution < -0.4 is 9.64 Å². The molecule has 0 radical (unpaired) electrons. The fourth-order valence-electron chi connectivity index (χ4n) is 3.78. The average Bonchev–Trinajstić information content (AvgIpc) is 2.82. The van der Waals surface area contributed by atoms with Gasteiger partial charge < -0.3 is 24.4 Å². The van der Waals surface area contributed by atoms with Crippen LogP contribution in [0.3, 0.4) is 0 Å². The molecule has 7 nitrogen and oxygen atoms in total. The molecule has 0 spiro atoms. The molecule has 1 amide bonds. The van der Waals surface area contributed by atoms with Crippen LogP contribution in [0.25, 0.3) is 0 Å². The van der Waals surface area contributed by atoms with Gasteiger partial charge in [0.2, 0.25) is 5.91 Å². The highest BCUT2D eigenvalue weighted by molar-refractivity contribution is 5.83. The Hall–Kier alpha value is -2.93. The van der Waals surface area contributed by atoms with Gasteiger partial charge in [0.25, 0.3) is 0 Å². The zero-order valence-corrected chi connectivity index (χ0v) is 17.3. The van der Waals surface area contributed by atoms with Crippen molar-refractivity contribution in [2.24, 2.45) is 5.92 Å². The molecule has 3 rings (SSSR count). The number of methoxy groups -OCH3 is 1. The van der Waals surface area contributed by atoms with Crippen molar-refractivity contribution in [2.75, 3.05) is 38.2 Å². The number of aliphatic hydroxyl groups is 1. The van der Waals surface area contributed by atoms with E-state index in [4.69, 9.17) is 4.74 Å². The Balaban J connectivity index is 1.54. The normalized spacial score (nSPS) is 16.1. The van der Waals surface area contributed by atoms with Crippen LogP contribution in [0.2, 0.25) is 0 Å². The van der Waals surface area contributed by atoms with Crippen molar-refractivity contribution in [1.82, 2.24) is 9.88 Å². The summed E-state index contributed by atoms with van der Waals surface area (Å²) in [6.45, 7) is 2.46. The molecule has 1 aromatic heterocycles. The van der Waals surface area contributed by atoms with E-state index in [2.05, 4.69) is 9.88 Å². The number of nitrogens with zero attached hydrogens (tertiary/aromatic N) is 3. The van der Waals surface area contributed by atoms with E-state index in [-0.39, 0.29) is 5.91 Å². The number of piperazine rings is 1. The summed E-state index contributed by atoms with van der Waals surface area (Å²) in [6.07, 6.45) is 2.90. The molecule has 1 aromatic carbocycles. The second-order valence-electron chi connectivity index (χ2n) is 7.47. The second kappa shape index (κ2) is 10.7. The molecule has 0 bridgehead atoms. The molecule has 1 aliphatic rings. The number of carbonyl (C=O) groups is 2. The highest BCUT2D eigenvalue weighted by Gasteiger charge is 2.32. The lowest BCUT2D eigenvalue weighted by Crippen LogP contribution is -2.52. The number of hydrogen-bond donors (Lipinski definition) is 1. The van der Waals surface area contributed by atoms with E-state index in [9.17, 15) is 14.7 Å². The van der Waals surface area contributed by atoms with Gasteiger partial charge in [-0.3, -0.25) is 4.79 Å². The summed E-state index contributed by atoms with van der Waals surface area (Å²) in [5, 5.41) is 10.2. The number of carbonyl (C=O) groups excluding carboxylic acids is 2. The molecule has 1 fully saturated rings. The lowest BCUT2D eigenvalue weighted by atomic mass is 9.93. The fourth-order valence-corrected chi connectivity index (χ4v) is 3.78. The maximum Gasteiger partial charge on any atom is 0.228 e. The minimum atomic E-state index is -1.28. The van der Waals surface area contributed by atoms with Crippen LogP contribution in [0.4, 0.5) is 5.82 Å². The minimum absolute atomic E-state index is 0.148. The van der Waals surface area contributed by atoms with Crippen LogP contribution in [-0.2, 0) is 16.0 Å². The fraction of sp³-hybridized carbons (Fsp3) is 0.435. The van der Waals surface area contributed by atoms with Crippen molar-refractivity contribution >= 4 is 18.0 Å². The number of benzene rings is 1. The third-order valence-electron chi connectivity index (χ3n) is 5.57. The highest BCUT2D eigenvalue weighted by atomic mass is 16.5. The maximum atomic E-state index is 13.0. The molecule has 1 N–H and O–H groups in total. The van der Waals surface area contributed by atoms with E-state index in [0.717, 1.165) is 23.6 Å². The van der Waals surface area contributed by atoms with E-state index < -0.39 is 12.0 Å². The summed E-state index contributed by atoms with van der Waals surface area (Å²) in [5.74, 6) is 0.841. The van der Waals surface area contributed by atoms with Crippen molar-refractivity contribution in [2.45, 2.75) is 25.4 Å². The first-order valence-electron chi connectivity index (χ1n) is 10.3. The van der Waals surface area contributed by atoms with Crippen molar-refractivity contribution in [3.05, 3.63) is 54.2 Å². The number of aldehydes is 1. The van der Waals surface area contributed by atoms with Gasteiger partial charge in [-0.25, -0.2) is 4.98 Å². The number of aromatic nitrogens is 1. The number of aliphatic hydroxyl groups excluding tert-OH is 1. The Kier molecular flexibility index (Phi) is 7.79. The van der Waals surface area contributed by atoms with Gasteiger partial charge in [-0.15, -0.1) is 0 Å². The lowest BCUT2D eigenvalue weighted by molar-refractivity contribution is -0.142. The van der Waals surface area contributed by atoms with Gasteiger partial charge in [0, 0.05) is 32.4 Å². The third-order valence-corrected chi connectivity index (χ3v) is 5.57. The number of hydrogen-bond acceptors (Lipinski definition) is 6. The summed E-state index contributed by atoms with van der Waals surface area (Å²) in [5.41, 5.74) is 1.13. The van der Waals surface area contributed by atoms with E-state index in [1.165, 1.54) is 0 Å². The summed E-state index contributed by atoms with van der Waals surface area (Å²) in [4.78, 5) is 32.5. The van der Waals surface area contributed by atoms with Crippen LogP contribution in [0.5, 0.6) is 5.75 Å². The van der Waals surface area contributed by atoms with Gasteiger partial charge >= 0.3 is 0 Å². The molecule has 30 heavy (non-hydrogen) atoms. The smallest absolute Gasteiger partial charge is 0.228 e. The molecule has 2 heterocycles. The van der Waals surface area contributed by atoms with Crippen LogP contribution in [-0.4, -0.2) is 66.6 Å². The highest BCUT2D eigenvalue weighted by Crippen LogP contribution is 2.20. The number of aryl methyl sites for hydroxylation is 1. The Morgan fingerprint density at radius 3 is 2.50 bits per heavy atom. The molecular weight excluding hydrogens is 382 g/mol. The van der Waals surface area contributed by atoms with Crippen LogP contribution in [0.1, 0.15) is 18.4 Å². The average molecular weight is 412 g/mol. The summed E-state index contributed by atoms with van der Waals surface area (Å²) in [6, 6.07) is 13.6. The van der Waals surface area contributed by atoms with Crippen LogP contribution >= 0.6 is 0 Å². The molecule has 2 atom stereocenters. The van der Waals surface area contributed by atoms with Gasteiger partial charge in [0.15, 0.2) is 0 Å². The second-order valence-corrected chi connectivity index (χ2v) is 7.47. The molecule has 160 valence electrons. The van der Waals surface area contributed by atoms with E-state index >= 15 is 0 Å². The third kappa shape index (κ3) is 5.57. The molecule has 7 heteroatoms. The molecular formula is C23H29N3O4. The van der Waals surface area contributed by atoms with Gasteiger partial charge in [0.1, 0.15) is 24.0 Å². The predicted octanol–water partition coefficient (Wildman–Crippen LogP) is 1.94. The first-order valence-corrected chi connectivity index (χ1v) is 10.3. The van der Waals surface area contributed by atoms with E-state index in [0.29, 0.717) is 45.3 Å². The van der Waals surface area contributed by atoms with Crippen molar-refractivity contribution < 1.29 is 19.4 Å². The summed E-state index contributed by atoms with van der Waals surface area (Å²) in [7, 11) is 1.63. The predicted molar refractivity (Wildman–Crippen MR) is 115 cm³/mol. The Bertz CT molecular complexity index is 805. The van der Waals surface area contributed by atoms with Crippen LogP contribution in [0.15, 0.2) is 48.7 Å². The molecule has 0 aliphatic carbocycles. The molecule has 0 unspecified atom stereocenters. The topological polar surface area (TPSA) is 83.0 Å². The van der Waals surface area contributed by atoms with Crippen LogP contribution in [0, 0.1) is 5.92 Å². The quantitative estimate of drug-likeness (QED) is 0.635. The monoisotopic (exact) mass is 411 g/mol. The number of amides is 1. The largest absolute Gasteiger partial charge is 0.497 e. The Labute approximate surface area is 177 Å². The Morgan fingerprint density at radius 1 is 1.17 bits per heavy atom. The zero-order valence-electron chi connectivity index (χ0n) is 17.3. The number of rotatable bonds is 9. The first kappa shape index (κ1) is 21.8. The molecule has 2 aromatic rings. The van der Waals surface area contributed by atoms with Gasteiger partial charge in [0.05, 0.1) is 13.0 Å². The maximum absolute atomic E-state index is 13.0. The van der Waals surface area contributed by atoms with Gasteiger partial charge in [-0.1, -0.05) is 18.2 Å². The summed E-state index contributed by atoms with van der Waals surface area (Å²) < 4.78 is 5.16. The minimum Gasteiger partial charge on any atom is -0.497 e. The van der Waals surface area contributed by atoms with E-state index in [1.54, 1.807) is 18.2 Å². The van der Waals surface area contributed by atoms with Gasteiger partial charge in [-0.05, 0) is 49.1 Å². The molecule has 1 aliphatic heterocycles. The lowest BCUT2D eigenvalue weighted by Gasteiger charge is -2.37. The van der Waals surface area contributed by atoms with Crippen molar-refractivity contribution in [3.8, 4) is 5.75 Å². The number of anilines is 1. The number of ether oxygens (including phenoxy) is 1. The molecule has 1 saturated heterocycles. The van der Waals surface area contributed by atoms with Crippen molar-refractivity contribution in [3.63, 3.8) is 0 Å². The first-order chi connectivity index (χ1) is 14.6. The van der Waals surface area contributed by atoms with Gasteiger partial charge in [-0.2, -0.15) is 0 Å². The van der Waals surface area contributed by atoms with E-state index in [1.807, 2.05) is 42.5 Å². The Morgan fingerprint density at radius 2 is 1.90 bits per heavy atom. The standard InChI is InChI=1S/C23H29N3O4/c1-30-19-10-8-18(9-11-19)5-4-6-20(21(28)17-27)23(29)26-15-13-25(14-16-26)22-7-2-3-12-24-22/h2-3,7-12,17,20-21,28H,4-6,13-16H2,1H3/t20-,21-/m1/s1. The summed E-state index contributed by atoms with van der Waals surface area (Å²) >= 11 is 0.